The van der Waals surface area contributed by atoms with Crippen molar-refractivity contribution in [2.24, 2.45) is 0 Å². The molecule has 0 radical (unpaired) electrons. The Hall–Kier alpha value is -2.86. The van der Waals surface area contributed by atoms with Crippen LogP contribution in [0.2, 0.25) is 5.02 Å². The summed E-state index contributed by atoms with van der Waals surface area (Å²) in [5.74, 6) is 0.650. The Bertz CT molecular complexity index is 805. The topological polar surface area (TPSA) is 80.0 Å². The highest BCUT2D eigenvalue weighted by Crippen LogP contribution is 2.22. The van der Waals surface area contributed by atoms with E-state index in [-0.39, 0.29) is 11.6 Å². The molecule has 3 rings (SSSR count). The Labute approximate surface area is 137 Å². The zero-order valence-electron chi connectivity index (χ0n) is 12.0. The molecule has 2 N–H and O–H groups in total. The number of furan rings is 1. The summed E-state index contributed by atoms with van der Waals surface area (Å²) in [5, 5.41) is 6.26. The molecule has 6 nitrogen and oxygen atoms in total. The van der Waals surface area contributed by atoms with Crippen molar-refractivity contribution in [3.63, 3.8) is 0 Å². The number of rotatable bonds is 5. The third kappa shape index (κ3) is 3.87. The van der Waals surface area contributed by atoms with E-state index in [4.69, 9.17) is 16.0 Å². The third-order valence-corrected chi connectivity index (χ3v) is 3.34. The lowest BCUT2D eigenvalue weighted by Crippen LogP contribution is -2.23. The predicted molar refractivity (Wildman–Crippen MR) is 86.6 cm³/mol. The number of nitrogens with one attached hydrogen (secondary N) is 2. The summed E-state index contributed by atoms with van der Waals surface area (Å²) in [6.07, 6.45) is 3.06. The van der Waals surface area contributed by atoms with Crippen LogP contribution in [-0.2, 0) is 6.54 Å². The van der Waals surface area contributed by atoms with Crippen LogP contribution in [0.25, 0.3) is 0 Å². The number of anilines is 2. The summed E-state index contributed by atoms with van der Waals surface area (Å²) >= 11 is 6.08. The first-order valence-electron chi connectivity index (χ1n) is 6.87. The molecule has 3 aromatic rings. The molecule has 23 heavy (non-hydrogen) atoms. The zero-order chi connectivity index (χ0) is 16.1. The Balaban J connectivity index is 1.69. The lowest BCUT2D eigenvalue weighted by molar-refractivity contribution is 0.0943. The Kier molecular flexibility index (Phi) is 4.54. The van der Waals surface area contributed by atoms with Crippen LogP contribution < -0.4 is 10.6 Å². The van der Waals surface area contributed by atoms with Crippen LogP contribution in [0.1, 0.15) is 16.2 Å². The maximum absolute atomic E-state index is 12.1. The van der Waals surface area contributed by atoms with Gasteiger partial charge in [0.25, 0.3) is 5.91 Å². The quantitative estimate of drug-likeness (QED) is 0.750. The monoisotopic (exact) mass is 328 g/mol. The van der Waals surface area contributed by atoms with Crippen LogP contribution in [0.5, 0.6) is 0 Å². The second-order valence-corrected chi connectivity index (χ2v) is 5.04. The van der Waals surface area contributed by atoms with E-state index in [1.807, 2.05) is 12.1 Å². The number of nitrogens with zero attached hydrogens (tertiary/aromatic N) is 2. The largest absolute Gasteiger partial charge is 0.467 e. The Morgan fingerprint density at radius 1 is 1.17 bits per heavy atom. The molecule has 0 unspecified atom stereocenters. The van der Waals surface area contributed by atoms with Gasteiger partial charge >= 0.3 is 0 Å². The molecule has 0 aliphatic rings. The maximum atomic E-state index is 12.1. The van der Waals surface area contributed by atoms with Gasteiger partial charge in [0.2, 0.25) is 5.95 Å². The molecule has 0 saturated heterocycles. The van der Waals surface area contributed by atoms with Gasteiger partial charge in [0.05, 0.1) is 23.5 Å². The molecule has 0 saturated carbocycles. The number of carbonyl (C=O) groups is 1. The SMILES string of the molecule is O=C(NCc1ccco1)c1ccnc(Nc2ccccc2Cl)n1. The second kappa shape index (κ2) is 6.93. The van der Waals surface area contributed by atoms with E-state index < -0.39 is 0 Å². The van der Waals surface area contributed by atoms with Crippen molar-refractivity contribution in [2.75, 3.05) is 5.32 Å². The number of amides is 1. The first-order valence-corrected chi connectivity index (χ1v) is 7.25. The van der Waals surface area contributed by atoms with Gasteiger partial charge < -0.3 is 15.1 Å². The number of aromatic nitrogens is 2. The summed E-state index contributed by atoms with van der Waals surface area (Å²) in [6, 6.07) is 12.3. The Morgan fingerprint density at radius 2 is 2.04 bits per heavy atom. The number of benzene rings is 1. The molecule has 2 heterocycles. The molecular weight excluding hydrogens is 316 g/mol. The first kappa shape index (κ1) is 15.1. The number of para-hydroxylation sites is 1. The van der Waals surface area contributed by atoms with Gasteiger partial charge in [-0.2, -0.15) is 0 Å². The van der Waals surface area contributed by atoms with Gasteiger partial charge in [0, 0.05) is 6.20 Å². The Morgan fingerprint density at radius 3 is 2.83 bits per heavy atom. The van der Waals surface area contributed by atoms with Crippen molar-refractivity contribution in [1.29, 1.82) is 0 Å². The first-order chi connectivity index (χ1) is 11.2. The van der Waals surface area contributed by atoms with Crippen LogP contribution in [0.4, 0.5) is 11.6 Å². The number of hydrogen-bond acceptors (Lipinski definition) is 5. The standard InChI is InChI=1S/C16H13ClN4O2/c17-12-5-1-2-6-13(12)20-16-18-8-7-14(21-16)15(22)19-10-11-4-3-9-23-11/h1-9H,10H2,(H,19,22)(H,18,20,21). The fourth-order valence-corrected chi connectivity index (χ4v) is 2.08. The molecule has 2 aromatic heterocycles. The van der Waals surface area contributed by atoms with Gasteiger partial charge in [-0.1, -0.05) is 23.7 Å². The van der Waals surface area contributed by atoms with E-state index in [1.54, 1.807) is 30.5 Å². The summed E-state index contributed by atoms with van der Waals surface area (Å²) in [7, 11) is 0. The summed E-state index contributed by atoms with van der Waals surface area (Å²) < 4.78 is 5.16. The van der Waals surface area contributed by atoms with Gasteiger partial charge in [-0.25, -0.2) is 9.97 Å². The van der Waals surface area contributed by atoms with Crippen LogP contribution in [0.15, 0.2) is 59.3 Å². The molecule has 7 heteroatoms. The van der Waals surface area contributed by atoms with Gasteiger partial charge in [-0.3, -0.25) is 4.79 Å². The summed E-state index contributed by atoms with van der Waals surface area (Å²) in [5.41, 5.74) is 0.920. The van der Waals surface area contributed by atoms with Crippen molar-refractivity contribution >= 4 is 29.1 Å². The van der Waals surface area contributed by atoms with E-state index in [2.05, 4.69) is 20.6 Å². The van der Waals surface area contributed by atoms with Crippen LogP contribution >= 0.6 is 11.6 Å². The summed E-state index contributed by atoms with van der Waals surface area (Å²) in [6.45, 7) is 0.295. The smallest absolute Gasteiger partial charge is 0.270 e. The van der Waals surface area contributed by atoms with Crippen molar-refractivity contribution in [3.8, 4) is 0 Å². The normalized spacial score (nSPS) is 10.3. The molecular formula is C16H13ClN4O2. The van der Waals surface area contributed by atoms with Crippen molar-refractivity contribution in [3.05, 3.63) is 71.4 Å². The molecule has 0 aliphatic carbocycles. The van der Waals surface area contributed by atoms with E-state index in [1.165, 1.54) is 12.3 Å². The summed E-state index contributed by atoms with van der Waals surface area (Å²) in [4.78, 5) is 20.4. The molecule has 0 aliphatic heterocycles. The minimum absolute atomic E-state index is 0.251. The van der Waals surface area contributed by atoms with E-state index in [0.29, 0.717) is 29.0 Å². The predicted octanol–water partition coefficient (Wildman–Crippen LogP) is 3.40. The fraction of sp³-hybridized carbons (Fsp3) is 0.0625. The number of carbonyl (C=O) groups excluding carboxylic acids is 1. The minimum atomic E-state index is -0.314. The molecule has 0 atom stereocenters. The fourth-order valence-electron chi connectivity index (χ4n) is 1.90. The highest BCUT2D eigenvalue weighted by Gasteiger charge is 2.10. The van der Waals surface area contributed by atoms with Gasteiger partial charge in [-0.05, 0) is 30.3 Å². The lowest BCUT2D eigenvalue weighted by atomic mass is 10.3. The maximum Gasteiger partial charge on any atom is 0.270 e. The van der Waals surface area contributed by atoms with Crippen LogP contribution in [-0.4, -0.2) is 15.9 Å². The third-order valence-electron chi connectivity index (χ3n) is 3.01. The van der Waals surface area contributed by atoms with Gasteiger partial charge in [0.1, 0.15) is 11.5 Å². The van der Waals surface area contributed by atoms with Gasteiger partial charge in [-0.15, -0.1) is 0 Å². The molecule has 116 valence electrons. The lowest BCUT2D eigenvalue weighted by Gasteiger charge is -2.08. The van der Waals surface area contributed by atoms with E-state index in [0.717, 1.165) is 0 Å². The zero-order valence-corrected chi connectivity index (χ0v) is 12.7. The molecule has 1 amide bonds. The van der Waals surface area contributed by atoms with Gasteiger partial charge in [0.15, 0.2) is 0 Å². The molecule has 0 bridgehead atoms. The highest BCUT2D eigenvalue weighted by atomic mass is 35.5. The van der Waals surface area contributed by atoms with Crippen molar-refractivity contribution in [2.45, 2.75) is 6.54 Å². The number of halogens is 1. The van der Waals surface area contributed by atoms with Crippen LogP contribution in [0.3, 0.4) is 0 Å². The number of hydrogen-bond donors (Lipinski definition) is 2. The van der Waals surface area contributed by atoms with E-state index >= 15 is 0 Å². The average Bonchev–Trinajstić information content (AvgIpc) is 3.08. The van der Waals surface area contributed by atoms with Crippen molar-refractivity contribution < 1.29 is 9.21 Å². The van der Waals surface area contributed by atoms with Crippen molar-refractivity contribution in [1.82, 2.24) is 15.3 Å². The van der Waals surface area contributed by atoms with Crippen LogP contribution in [0, 0.1) is 0 Å². The second-order valence-electron chi connectivity index (χ2n) is 4.63. The average molecular weight is 329 g/mol. The van der Waals surface area contributed by atoms with E-state index in [9.17, 15) is 4.79 Å². The molecule has 1 aromatic carbocycles. The minimum Gasteiger partial charge on any atom is -0.467 e. The highest BCUT2D eigenvalue weighted by molar-refractivity contribution is 6.33. The molecule has 0 fully saturated rings. The molecule has 0 spiro atoms.